The second-order valence-corrected chi connectivity index (χ2v) is 4.05. The van der Waals surface area contributed by atoms with Crippen LogP contribution in [0.15, 0.2) is 30.6 Å². The van der Waals surface area contributed by atoms with E-state index in [4.69, 9.17) is 5.73 Å². The van der Waals surface area contributed by atoms with Gasteiger partial charge in [0.05, 0.1) is 0 Å². The van der Waals surface area contributed by atoms with Crippen molar-refractivity contribution >= 4 is 5.91 Å². The van der Waals surface area contributed by atoms with Crippen LogP contribution in [0.5, 0.6) is 0 Å². The Morgan fingerprint density at radius 1 is 1.12 bits per heavy atom. The molecule has 1 amide bonds. The Morgan fingerprint density at radius 2 is 1.76 bits per heavy atom. The first-order valence-electron chi connectivity index (χ1n) is 6.36. The number of hydrogen-bond acceptors (Lipinski definition) is 2. The molecule has 0 radical (unpaired) electrons. The van der Waals surface area contributed by atoms with E-state index in [1.807, 2.05) is 18.2 Å². The van der Waals surface area contributed by atoms with E-state index in [2.05, 4.69) is 18.8 Å². The van der Waals surface area contributed by atoms with Crippen LogP contribution in [0.1, 0.15) is 46.0 Å². The first kappa shape index (κ1) is 15.6. The van der Waals surface area contributed by atoms with Gasteiger partial charge < -0.3 is 5.73 Å². The second-order valence-electron chi connectivity index (χ2n) is 4.05. The molecule has 1 rings (SSSR count). The summed E-state index contributed by atoms with van der Waals surface area (Å²) in [5.74, 6) is 0.000231. The van der Waals surface area contributed by atoms with Gasteiger partial charge in [-0.15, -0.1) is 0 Å². The number of rotatable bonds is 6. The fraction of sp³-hybridized carbons (Fsp3) is 0.571. The van der Waals surface area contributed by atoms with E-state index < -0.39 is 0 Å². The maximum Gasteiger partial charge on any atom is 0.220 e. The zero-order chi connectivity index (χ0) is 12.9. The van der Waals surface area contributed by atoms with Crippen LogP contribution in [0, 0.1) is 5.92 Å². The molecular weight excluding hydrogens is 212 g/mol. The Balaban J connectivity index is 0.000000354. The van der Waals surface area contributed by atoms with E-state index in [1.54, 1.807) is 12.4 Å². The molecule has 3 heteroatoms. The number of unbranched alkanes of at least 4 members (excludes halogenated alkanes) is 1. The third-order valence-corrected chi connectivity index (χ3v) is 2.51. The lowest BCUT2D eigenvalue weighted by Crippen LogP contribution is -2.22. The molecule has 96 valence electrons. The fourth-order valence-corrected chi connectivity index (χ4v) is 1.54. The van der Waals surface area contributed by atoms with Gasteiger partial charge >= 0.3 is 0 Å². The van der Waals surface area contributed by atoms with Crippen LogP contribution in [0.3, 0.4) is 0 Å². The van der Waals surface area contributed by atoms with Crippen LogP contribution in [-0.2, 0) is 4.79 Å². The summed E-state index contributed by atoms with van der Waals surface area (Å²) in [6.45, 7) is 4.21. The third-order valence-electron chi connectivity index (χ3n) is 2.51. The molecule has 17 heavy (non-hydrogen) atoms. The topological polar surface area (TPSA) is 56.0 Å². The highest BCUT2D eigenvalue weighted by atomic mass is 16.1. The summed E-state index contributed by atoms with van der Waals surface area (Å²) in [5.41, 5.74) is 5.22. The first-order chi connectivity index (χ1) is 8.22. The fourth-order valence-electron chi connectivity index (χ4n) is 1.54. The van der Waals surface area contributed by atoms with Gasteiger partial charge in [0.25, 0.3) is 0 Å². The molecule has 3 nitrogen and oxygen atoms in total. The molecule has 0 aliphatic heterocycles. The number of nitrogens with zero attached hydrogens (tertiary/aromatic N) is 1. The summed E-state index contributed by atoms with van der Waals surface area (Å²) in [7, 11) is 0. The average Bonchev–Trinajstić information content (AvgIpc) is 2.37. The molecule has 0 saturated carbocycles. The van der Waals surface area contributed by atoms with Crippen molar-refractivity contribution in [1.29, 1.82) is 0 Å². The van der Waals surface area contributed by atoms with Crippen LogP contribution in [0.4, 0.5) is 0 Å². The van der Waals surface area contributed by atoms with Crippen molar-refractivity contribution in [2.75, 3.05) is 0 Å². The molecule has 0 saturated heterocycles. The van der Waals surface area contributed by atoms with Crippen LogP contribution in [0.25, 0.3) is 0 Å². The van der Waals surface area contributed by atoms with E-state index in [9.17, 15) is 4.79 Å². The summed E-state index contributed by atoms with van der Waals surface area (Å²) < 4.78 is 0. The molecule has 1 aromatic rings. The van der Waals surface area contributed by atoms with Crippen molar-refractivity contribution in [1.82, 2.24) is 4.98 Å². The molecule has 1 unspecified atom stereocenters. The minimum Gasteiger partial charge on any atom is -0.369 e. The highest BCUT2D eigenvalue weighted by Gasteiger charge is 2.12. The number of carbonyl (C=O) groups is 1. The molecule has 0 aliphatic rings. The van der Waals surface area contributed by atoms with Gasteiger partial charge in [-0.25, -0.2) is 0 Å². The van der Waals surface area contributed by atoms with Crippen molar-refractivity contribution in [2.45, 2.75) is 46.0 Å². The summed E-state index contributed by atoms with van der Waals surface area (Å²) >= 11 is 0. The van der Waals surface area contributed by atoms with Gasteiger partial charge in [0.15, 0.2) is 0 Å². The zero-order valence-corrected chi connectivity index (χ0v) is 10.9. The zero-order valence-electron chi connectivity index (χ0n) is 10.9. The van der Waals surface area contributed by atoms with Gasteiger partial charge in [0.1, 0.15) is 0 Å². The van der Waals surface area contributed by atoms with Gasteiger partial charge in [0.2, 0.25) is 5.91 Å². The van der Waals surface area contributed by atoms with Crippen molar-refractivity contribution in [3.63, 3.8) is 0 Å². The lowest BCUT2D eigenvalue weighted by Gasteiger charge is -2.10. The minimum absolute atomic E-state index is 0.125. The minimum atomic E-state index is -0.125. The maximum absolute atomic E-state index is 10.8. The van der Waals surface area contributed by atoms with Gasteiger partial charge in [-0.05, 0) is 25.0 Å². The number of carbonyl (C=O) groups excluding carboxylic acids is 1. The number of pyridine rings is 1. The van der Waals surface area contributed by atoms with Crippen molar-refractivity contribution in [3.05, 3.63) is 30.6 Å². The maximum atomic E-state index is 10.8. The summed E-state index contributed by atoms with van der Waals surface area (Å²) in [6.07, 6.45) is 8.74. The number of aromatic nitrogens is 1. The number of amides is 1. The number of primary amides is 1. The van der Waals surface area contributed by atoms with E-state index >= 15 is 0 Å². The molecule has 1 atom stereocenters. The standard InChI is InChI=1S/C9H19NO.C5H5N/c1-3-5-7-8(6-4-2)9(10)11;1-2-4-6-5-3-1/h8H,3-7H2,1-2H3,(H2,10,11);1-5H. The Bertz CT molecular complexity index is 248. The monoisotopic (exact) mass is 236 g/mol. The molecule has 1 aromatic heterocycles. The quantitative estimate of drug-likeness (QED) is 0.824. The summed E-state index contributed by atoms with van der Waals surface area (Å²) in [4.78, 5) is 14.6. The highest BCUT2D eigenvalue weighted by Crippen LogP contribution is 2.13. The predicted octanol–water partition coefficient (Wildman–Crippen LogP) is 3.16. The van der Waals surface area contributed by atoms with Crippen molar-refractivity contribution < 1.29 is 4.79 Å². The van der Waals surface area contributed by atoms with Crippen LogP contribution >= 0.6 is 0 Å². The largest absolute Gasteiger partial charge is 0.369 e. The number of hydrogen-bond donors (Lipinski definition) is 1. The van der Waals surface area contributed by atoms with Crippen LogP contribution in [-0.4, -0.2) is 10.9 Å². The van der Waals surface area contributed by atoms with E-state index in [0.29, 0.717) is 0 Å². The molecule has 1 heterocycles. The van der Waals surface area contributed by atoms with Crippen LogP contribution in [0.2, 0.25) is 0 Å². The molecule has 2 N–H and O–H groups in total. The Labute approximate surface area is 104 Å². The van der Waals surface area contributed by atoms with Crippen molar-refractivity contribution in [2.24, 2.45) is 11.7 Å². The summed E-state index contributed by atoms with van der Waals surface area (Å²) in [6, 6.07) is 5.72. The van der Waals surface area contributed by atoms with E-state index in [-0.39, 0.29) is 11.8 Å². The smallest absolute Gasteiger partial charge is 0.220 e. The lowest BCUT2D eigenvalue weighted by molar-refractivity contribution is -0.122. The van der Waals surface area contributed by atoms with E-state index in [0.717, 1.165) is 32.1 Å². The Morgan fingerprint density at radius 3 is 2.06 bits per heavy atom. The summed E-state index contributed by atoms with van der Waals surface area (Å²) in [5, 5.41) is 0. The normalized spacial score (nSPS) is 11.2. The predicted molar refractivity (Wildman–Crippen MR) is 71.4 cm³/mol. The third kappa shape index (κ3) is 9.54. The van der Waals surface area contributed by atoms with Crippen LogP contribution < -0.4 is 5.73 Å². The van der Waals surface area contributed by atoms with Crippen molar-refractivity contribution in [3.8, 4) is 0 Å². The SMILES string of the molecule is CCCCC(CCC)C(N)=O.c1ccncc1. The molecule has 0 bridgehead atoms. The van der Waals surface area contributed by atoms with Gasteiger partial charge in [-0.3, -0.25) is 9.78 Å². The molecular formula is C14H24N2O. The highest BCUT2D eigenvalue weighted by molar-refractivity contribution is 5.76. The van der Waals surface area contributed by atoms with Gasteiger partial charge in [-0.2, -0.15) is 0 Å². The van der Waals surface area contributed by atoms with E-state index in [1.165, 1.54) is 0 Å². The Kier molecular flexibility index (Phi) is 10.2. The molecule has 0 aliphatic carbocycles. The van der Waals surface area contributed by atoms with Gasteiger partial charge in [0, 0.05) is 18.3 Å². The lowest BCUT2D eigenvalue weighted by atomic mass is 9.97. The molecule has 0 fully saturated rings. The average molecular weight is 236 g/mol. The Hall–Kier alpha value is -1.38. The number of nitrogens with two attached hydrogens (primary N) is 1. The second kappa shape index (κ2) is 11.1. The molecule has 0 aromatic carbocycles. The molecule has 0 spiro atoms. The van der Waals surface area contributed by atoms with Gasteiger partial charge in [-0.1, -0.05) is 39.2 Å². The first-order valence-corrected chi connectivity index (χ1v) is 6.36.